The SMILES string of the molecule is CC(C)(C)OC(=O)[C@]1(O)N(C(=O)CCCc2ccccc2)CC[C@@]1(N)C(=O)[C@@H](N)CC(N)=O.Cl. The van der Waals surface area contributed by atoms with Crippen LogP contribution in [0.2, 0.25) is 0 Å². The number of hydrogen-bond donors (Lipinski definition) is 4. The van der Waals surface area contributed by atoms with E-state index in [1.165, 1.54) is 0 Å². The molecule has 1 saturated heterocycles. The summed E-state index contributed by atoms with van der Waals surface area (Å²) in [6, 6.07) is 8.09. The monoisotopic (exact) mass is 498 g/mol. The maximum Gasteiger partial charge on any atom is 0.362 e. The molecule has 0 radical (unpaired) electrons. The third kappa shape index (κ3) is 6.32. The molecular formula is C23H35ClN4O6. The van der Waals surface area contributed by atoms with Crippen LogP contribution in [0.3, 0.4) is 0 Å². The first kappa shape index (κ1) is 29.5. The fourth-order valence-corrected chi connectivity index (χ4v) is 3.97. The highest BCUT2D eigenvalue weighted by Gasteiger charge is 2.68. The van der Waals surface area contributed by atoms with E-state index in [1.807, 2.05) is 30.3 Å². The van der Waals surface area contributed by atoms with Crippen LogP contribution in [0.4, 0.5) is 0 Å². The summed E-state index contributed by atoms with van der Waals surface area (Å²) in [6.45, 7) is 4.57. The Morgan fingerprint density at radius 2 is 1.76 bits per heavy atom. The number of aliphatic hydroxyl groups is 1. The van der Waals surface area contributed by atoms with E-state index in [-0.39, 0.29) is 31.8 Å². The number of Topliss-reactive ketones (excluding diaryl/α,β-unsaturated/α-hetero) is 1. The average Bonchev–Trinajstić information content (AvgIpc) is 2.99. The molecule has 3 atom stereocenters. The number of benzene rings is 1. The van der Waals surface area contributed by atoms with Crippen LogP contribution in [0, 0.1) is 0 Å². The largest absolute Gasteiger partial charge is 0.456 e. The summed E-state index contributed by atoms with van der Waals surface area (Å²) < 4.78 is 5.34. The Labute approximate surface area is 205 Å². The number of nitrogens with zero attached hydrogens (tertiary/aromatic N) is 1. The maximum atomic E-state index is 13.1. The van der Waals surface area contributed by atoms with Gasteiger partial charge in [0.1, 0.15) is 11.1 Å². The number of likely N-dealkylation sites (tertiary alicyclic amines) is 1. The Morgan fingerprint density at radius 3 is 2.29 bits per heavy atom. The molecule has 0 saturated carbocycles. The molecule has 1 heterocycles. The second-order valence-electron chi connectivity index (χ2n) is 9.42. The van der Waals surface area contributed by atoms with Crippen molar-refractivity contribution < 1.29 is 29.0 Å². The van der Waals surface area contributed by atoms with Crippen LogP contribution in [0.15, 0.2) is 30.3 Å². The smallest absolute Gasteiger partial charge is 0.362 e. The molecule has 1 fully saturated rings. The van der Waals surface area contributed by atoms with Crippen molar-refractivity contribution in [3.8, 4) is 0 Å². The van der Waals surface area contributed by atoms with Gasteiger partial charge in [-0.2, -0.15) is 0 Å². The second-order valence-corrected chi connectivity index (χ2v) is 9.42. The second kappa shape index (κ2) is 11.3. The number of nitrogens with two attached hydrogens (primary N) is 3. The zero-order chi connectivity index (χ0) is 25.0. The lowest BCUT2D eigenvalue weighted by atomic mass is 9.79. The highest BCUT2D eigenvalue weighted by molar-refractivity contribution is 6.03. The molecule has 0 unspecified atom stereocenters. The molecule has 0 aliphatic carbocycles. The first-order valence-corrected chi connectivity index (χ1v) is 10.9. The molecule has 2 rings (SSSR count). The first-order chi connectivity index (χ1) is 15.2. The number of amides is 2. The molecule has 1 aromatic rings. The predicted octanol–water partition coefficient (Wildman–Crippen LogP) is 0.163. The van der Waals surface area contributed by atoms with Crippen molar-refractivity contribution in [1.29, 1.82) is 0 Å². The van der Waals surface area contributed by atoms with Crippen LogP contribution in [-0.2, 0) is 30.3 Å². The Morgan fingerprint density at radius 1 is 1.18 bits per heavy atom. The van der Waals surface area contributed by atoms with Crippen molar-refractivity contribution in [3.63, 3.8) is 0 Å². The molecule has 11 heteroatoms. The molecule has 0 bridgehead atoms. The summed E-state index contributed by atoms with van der Waals surface area (Å²) in [5.41, 5.74) is 12.2. The number of carbonyl (C=O) groups is 4. The maximum absolute atomic E-state index is 13.1. The van der Waals surface area contributed by atoms with Gasteiger partial charge in [-0.1, -0.05) is 30.3 Å². The fraction of sp³-hybridized carbons (Fsp3) is 0.565. The standard InChI is InChI=1S/C23H34N4O6.ClH/c1-21(2,3)33-20(31)23(32)22(26,19(30)16(24)14-17(25)28)12-13-27(23)18(29)11-7-10-15-8-5-4-6-9-15;/h4-6,8-9,16,32H,7,10-14,24,26H2,1-3H3,(H2,25,28);1H/t16-,22+,23+;/m0./s1. The number of ether oxygens (including phenoxy) is 1. The number of ketones is 1. The number of rotatable bonds is 9. The van der Waals surface area contributed by atoms with E-state index in [0.717, 1.165) is 10.5 Å². The molecule has 0 aromatic heterocycles. The van der Waals surface area contributed by atoms with Crippen molar-refractivity contribution in [2.24, 2.45) is 17.2 Å². The van der Waals surface area contributed by atoms with Gasteiger partial charge in [0, 0.05) is 19.4 Å². The topological polar surface area (TPSA) is 179 Å². The fourth-order valence-electron chi connectivity index (χ4n) is 3.97. The minimum atomic E-state index is -2.78. The van der Waals surface area contributed by atoms with Gasteiger partial charge in [-0.3, -0.25) is 14.4 Å². The lowest BCUT2D eigenvalue weighted by molar-refractivity contribution is -0.207. The molecule has 1 aliphatic rings. The van der Waals surface area contributed by atoms with Gasteiger partial charge in [-0.05, 0) is 45.6 Å². The molecule has 2 amide bonds. The van der Waals surface area contributed by atoms with E-state index in [2.05, 4.69) is 0 Å². The van der Waals surface area contributed by atoms with Crippen molar-refractivity contribution in [2.45, 2.75) is 75.8 Å². The minimum absolute atomic E-state index is 0. The zero-order valence-electron chi connectivity index (χ0n) is 19.8. The number of carbonyl (C=O) groups excluding carboxylic acids is 4. The number of esters is 1. The molecular weight excluding hydrogens is 464 g/mol. The Kier molecular flexibility index (Phi) is 9.77. The normalized spacial score (nSPS) is 23.1. The van der Waals surface area contributed by atoms with E-state index in [0.29, 0.717) is 12.8 Å². The van der Waals surface area contributed by atoms with Crippen molar-refractivity contribution >= 4 is 36.0 Å². The molecule has 190 valence electrons. The third-order valence-corrected chi connectivity index (χ3v) is 5.62. The highest BCUT2D eigenvalue weighted by atomic mass is 35.5. The summed E-state index contributed by atoms with van der Waals surface area (Å²) in [4.78, 5) is 51.4. The summed E-state index contributed by atoms with van der Waals surface area (Å²) in [7, 11) is 0. The highest BCUT2D eigenvalue weighted by Crippen LogP contribution is 2.39. The van der Waals surface area contributed by atoms with Gasteiger partial charge in [0.2, 0.25) is 11.8 Å². The third-order valence-electron chi connectivity index (χ3n) is 5.62. The number of halogens is 1. The molecule has 34 heavy (non-hydrogen) atoms. The van der Waals surface area contributed by atoms with Crippen LogP contribution in [0.25, 0.3) is 0 Å². The zero-order valence-corrected chi connectivity index (χ0v) is 20.6. The van der Waals surface area contributed by atoms with Crippen LogP contribution < -0.4 is 17.2 Å². The quantitative estimate of drug-likeness (QED) is 0.347. The lowest BCUT2D eigenvalue weighted by Gasteiger charge is -2.42. The number of primary amides is 1. The van der Waals surface area contributed by atoms with Crippen molar-refractivity contribution in [1.82, 2.24) is 4.90 Å². The van der Waals surface area contributed by atoms with E-state index < -0.39 is 52.9 Å². The van der Waals surface area contributed by atoms with Crippen LogP contribution in [-0.4, -0.2) is 63.0 Å². The summed E-state index contributed by atoms with van der Waals surface area (Å²) in [5, 5.41) is 11.6. The molecule has 10 nitrogen and oxygen atoms in total. The lowest BCUT2D eigenvalue weighted by Crippen LogP contribution is -2.74. The van der Waals surface area contributed by atoms with E-state index in [1.54, 1.807) is 20.8 Å². The summed E-state index contributed by atoms with van der Waals surface area (Å²) in [5.74, 6) is -3.57. The van der Waals surface area contributed by atoms with Gasteiger partial charge >= 0.3 is 5.97 Å². The van der Waals surface area contributed by atoms with Gasteiger partial charge < -0.3 is 31.9 Å². The van der Waals surface area contributed by atoms with Crippen LogP contribution in [0.5, 0.6) is 0 Å². The van der Waals surface area contributed by atoms with Gasteiger partial charge in [0.25, 0.3) is 5.72 Å². The Hall–Kier alpha value is -2.53. The van der Waals surface area contributed by atoms with Crippen molar-refractivity contribution in [3.05, 3.63) is 35.9 Å². The molecule has 0 spiro atoms. The predicted molar refractivity (Wildman–Crippen MR) is 127 cm³/mol. The average molecular weight is 499 g/mol. The Bertz CT molecular complexity index is 906. The van der Waals surface area contributed by atoms with E-state index in [4.69, 9.17) is 21.9 Å². The van der Waals surface area contributed by atoms with E-state index in [9.17, 15) is 24.3 Å². The molecule has 7 N–H and O–H groups in total. The molecule has 1 aromatic carbocycles. The van der Waals surface area contributed by atoms with Gasteiger partial charge in [0.15, 0.2) is 5.78 Å². The van der Waals surface area contributed by atoms with Crippen LogP contribution in [0.1, 0.15) is 52.0 Å². The first-order valence-electron chi connectivity index (χ1n) is 10.9. The van der Waals surface area contributed by atoms with Gasteiger partial charge in [-0.15, -0.1) is 12.4 Å². The molecule has 1 aliphatic heterocycles. The number of aryl methyl sites for hydroxylation is 1. The summed E-state index contributed by atoms with van der Waals surface area (Å²) in [6.07, 6.45) is 0.321. The van der Waals surface area contributed by atoms with E-state index >= 15 is 0 Å². The van der Waals surface area contributed by atoms with Gasteiger partial charge in [-0.25, -0.2) is 4.79 Å². The van der Waals surface area contributed by atoms with Crippen LogP contribution >= 0.6 is 12.4 Å². The Balaban J connectivity index is 0.00000578. The van der Waals surface area contributed by atoms with Gasteiger partial charge in [0.05, 0.1) is 6.04 Å². The number of hydrogen-bond acceptors (Lipinski definition) is 8. The minimum Gasteiger partial charge on any atom is -0.456 e. The summed E-state index contributed by atoms with van der Waals surface area (Å²) >= 11 is 0. The van der Waals surface area contributed by atoms with Crippen molar-refractivity contribution in [2.75, 3.05) is 6.54 Å².